The van der Waals surface area contributed by atoms with Crippen LogP contribution in [-0.4, -0.2) is 65.4 Å². The summed E-state index contributed by atoms with van der Waals surface area (Å²) in [4.78, 5) is 38.4. The van der Waals surface area contributed by atoms with Crippen LogP contribution in [0.4, 0.5) is 26.3 Å². The van der Waals surface area contributed by atoms with Crippen LogP contribution in [0.15, 0.2) is 29.5 Å². The van der Waals surface area contributed by atoms with Crippen LogP contribution < -0.4 is 5.32 Å². The van der Waals surface area contributed by atoms with Crippen molar-refractivity contribution in [3.8, 4) is 0 Å². The molecule has 2 fully saturated rings. The van der Waals surface area contributed by atoms with Gasteiger partial charge in [-0.25, -0.2) is 0 Å². The number of aliphatic carboxylic acids is 1. The van der Waals surface area contributed by atoms with Gasteiger partial charge in [-0.1, -0.05) is 29.3 Å². The van der Waals surface area contributed by atoms with Crippen LogP contribution in [0.2, 0.25) is 10.0 Å². The minimum atomic E-state index is -5.24. The molecule has 0 aliphatic heterocycles. The normalized spacial score (nSPS) is 22.8. The zero-order valence-corrected chi connectivity index (χ0v) is 23.2. The van der Waals surface area contributed by atoms with Crippen molar-refractivity contribution in [1.29, 1.82) is 5.41 Å². The summed E-state index contributed by atoms with van der Waals surface area (Å²) in [6.45, 7) is -0.734. The Kier molecular flexibility index (Phi) is 9.44. The van der Waals surface area contributed by atoms with E-state index < -0.39 is 84.1 Å². The van der Waals surface area contributed by atoms with E-state index >= 15 is 0 Å². The second-order valence-corrected chi connectivity index (χ2v) is 11.5. The van der Waals surface area contributed by atoms with Gasteiger partial charge in [0.1, 0.15) is 5.70 Å². The molecule has 0 spiro atoms. The molecular formula is C26H27Cl2F6N3O4. The highest BCUT2D eigenvalue weighted by atomic mass is 35.5. The largest absolute Gasteiger partial charge is 0.481 e. The van der Waals surface area contributed by atoms with E-state index in [0.29, 0.717) is 4.90 Å². The number of carbonyl (C=O) groups is 3. The molecule has 0 unspecified atom stereocenters. The number of ketones is 1. The first-order chi connectivity index (χ1) is 18.8. The molecular weight excluding hydrogens is 603 g/mol. The van der Waals surface area contributed by atoms with Crippen molar-refractivity contribution in [1.82, 2.24) is 10.2 Å². The predicted molar refractivity (Wildman–Crippen MR) is 138 cm³/mol. The number of hydrogen-bond acceptors (Lipinski definition) is 5. The molecule has 2 aliphatic rings. The lowest BCUT2D eigenvalue weighted by Gasteiger charge is -2.36. The standard InChI is InChI=1S/C26H27Cl2F6N3O4/c1-23(22(40)41)7-5-14(6-8-23)36-20(25(29,30)31)15(11-35)21(39)37(13-24(9-10-24)26(32,33)34)12-18(38)19-16(27)3-2-4-17(19)28/h2-4,11,14,35-36H,5-10,12-13H2,1H3,(H,40,41)/b20-15+,35-11?/t14-,23-. The number of benzene rings is 1. The summed E-state index contributed by atoms with van der Waals surface area (Å²) in [5.74, 6) is -3.72. The zero-order valence-electron chi connectivity index (χ0n) is 21.7. The molecule has 226 valence electrons. The van der Waals surface area contributed by atoms with E-state index in [4.69, 9.17) is 28.6 Å². The van der Waals surface area contributed by atoms with Crippen molar-refractivity contribution >= 4 is 47.1 Å². The highest BCUT2D eigenvalue weighted by Gasteiger charge is 2.64. The molecule has 0 aromatic heterocycles. The Morgan fingerprint density at radius 3 is 2.02 bits per heavy atom. The van der Waals surface area contributed by atoms with Crippen molar-refractivity contribution in [3.05, 3.63) is 45.1 Å². The second-order valence-electron chi connectivity index (χ2n) is 10.7. The SMILES string of the molecule is C[C@]1(C(=O)O)CC[C@H](N/C(=C(\C=N)C(=O)N(CC(=O)c2c(Cl)cccc2Cl)CC2(C(F)(F)F)CC2)C(F)(F)F)CC1. The van der Waals surface area contributed by atoms with Crippen LogP contribution in [0.3, 0.4) is 0 Å². The molecule has 41 heavy (non-hydrogen) atoms. The number of carbonyl (C=O) groups excluding carboxylic acids is 2. The minimum Gasteiger partial charge on any atom is -0.481 e. The first-order valence-electron chi connectivity index (χ1n) is 12.5. The molecule has 3 N–H and O–H groups in total. The number of carboxylic acid groups (broad SMARTS) is 1. The van der Waals surface area contributed by atoms with Crippen LogP contribution in [0.25, 0.3) is 0 Å². The van der Waals surface area contributed by atoms with Crippen molar-refractivity contribution < 1.29 is 45.8 Å². The molecule has 2 saturated carbocycles. The van der Waals surface area contributed by atoms with Gasteiger partial charge in [0.15, 0.2) is 5.78 Å². The van der Waals surface area contributed by atoms with E-state index in [1.54, 1.807) is 0 Å². The summed E-state index contributed by atoms with van der Waals surface area (Å²) in [6, 6.07) is 3.02. The Morgan fingerprint density at radius 2 is 1.61 bits per heavy atom. The number of hydrogen-bond donors (Lipinski definition) is 3. The zero-order chi connectivity index (χ0) is 31.0. The maximum Gasteiger partial charge on any atom is 0.431 e. The van der Waals surface area contributed by atoms with Crippen LogP contribution in [-0.2, 0) is 9.59 Å². The number of Topliss-reactive ketones (excluding diaryl/α,β-unsaturated/α-hetero) is 1. The summed E-state index contributed by atoms with van der Waals surface area (Å²) in [6.07, 6.45) is -10.7. The Morgan fingerprint density at radius 1 is 1.07 bits per heavy atom. The Bertz CT molecular complexity index is 1230. The first kappa shape index (κ1) is 32.7. The molecule has 1 aromatic carbocycles. The molecule has 3 rings (SSSR count). The first-order valence-corrected chi connectivity index (χ1v) is 13.3. The average Bonchev–Trinajstić information content (AvgIpc) is 3.65. The predicted octanol–water partition coefficient (Wildman–Crippen LogP) is 6.44. The number of alkyl halides is 6. The number of allylic oxidation sites excluding steroid dienone is 1. The Labute approximate surface area is 241 Å². The third-order valence-electron chi connectivity index (χ3n) is 7.69. The molecule has 0 saturated heterocycles. The van der Waals surface area contributed by atoms with Crippen molar-refractivity contribution in [2.75, 3.05) is 13.1 Å². The van der Waals surface area contributed by atoms with Gasteiger partial charge in [-0.05, 0) is 57.6 Å². The number of nitrogens with zero attached hydrogens (tertiary/aromatic N) is 1. The van der Waals surface area contributed by atoms with Gasteiger partial charge in [0.05, 0.1) is 38.6 Å². The van der Waals surface area contributed by atoms with Gasteiger partial charge in [0, 0.05) is 18.8 Å². The Balaban J connectivity index is 2.00. The smallest absolute Gasteiger partial charge is 0.431 e. The topological polar surface area (TPSA) is 111 Å². The van der Waals surface area contributed by atoms with Gasteiger partial charge < -0.3 is 20.7 Å². The fourth-order valence-corrected chi connectivity index (χ4v) is 5.41. The molecule has 2 aliphatic carbocycles. The summed E-state index contributed by atoms with van der Waals surface area (Å²) in [7, 11) is 0. The summed E-state index contributed by atoms with van der Waals surface area (Å²) in [5.41, 5.74) is -6.83. The molecule has 1 aromatic rings. The quantitative estimate of drug-likeness (QED) is 0.119. The van der Waals surface area contributed by atoms with Crippen LogP contribution in [0, 0.1) is 16.2 Å². The van der Waals surface area contributed by atoms with Gasteiger partial charge in [0.2, 0.25) is 0 Å². The van der Waals surface area contributed by atoms with Crippen LogP contribution in [0.5, 0.6) is 0 Å². The fraction of sp³-hybridized carbons (Fsp3) is 0.538. The van der Waals surface area contributed by atoms with Crippen LogP contribution in [0.1, 0.15) is 55.8 Å². The summed E-state index contributed by atoms with van der Waals surface area (Å²) < 4.78 is 84.1. The molecule has 0 bridgehead atoms. The molecule has 0 heterocycles. The lowest BCUT2D eigenvalue weighted by molar-refractivity contribution is -0.192. The maximum absolute atomic E-state index is 14.2. The van der Waals surface area contributed by atoms with Gasteiger partial charge in [0.25, 0.3) is 5.91 Å². The van der Waals surface area contributed by atoms with Gasteiger partial charge in [-0.3, -0.25) is 14.4 Å². The van der Waals surface area contributed by atoms with Gasteiger partial charge >= 0.3 is 18.3 Å². The lowest BCUT2D eigenvalue weighted by atomic mass is 9.74. The maximum atomic E-state index is 14.2. The van der Waals surface area contributed by atoms with Gasteiger partial charge in [-0.15, -0.1) is 0 Å². The molecule has 0 atom stereocenters. The molecule has 0 radical (unpaired) electrons. The fourth-order valence-electron chi connectivity index (χ4n) is 4.80. The van der Waals surface area contributed by atoms with Crippen molar-refractivity contribution in [3.63, 3.8) is 0 Å². The van der Waals surface area contributed by atoms with E-state index in [9.17, 15) is 45.8 Å². The van der Waals surface area contributed by atoms with E-state index in [2.05, 4.69) is 5.32 Å². The average molecular weight is 630 g/mol. The Hall–Kier alpha value is -2.80. The van der Waals surface area contributed by atoms with E-state index in [1.807, 2.05) is 0 Å². The number of halogens is 8. The van der Waals surface area contributed by atoms with Crippen LogP contribution >= 0.6 is 23.2 Å². The third kappa shape index (κ3) is 7.17. The third-order valence-corrected chi connectivity index (χ3v) is 8.32. The van der Waals surface area contributed by atoms with E-state index in [0.717, 1.165) is 0 Å². The van der Waals surface area contributed by atoms with E-state index in [1.165, 1.54) is 25.1 Å². The van der Waals surface area contributed by atoms with Crippen molar-refractivity contribution in [2.24, 2.45) is 10.8 Å². The number of amides is 1. The number of nitrogens with one attached hydrogen (secondary N) is 2. The molecule has 1 amide bonds. The van der Waals surface area contributed by atoms with Gasteiger partial charge in [-0.2, -0.15) is 26.3 Å². The minimum absolute atomic E-state index is 0.00770. The number of rotatable bonds is 10. The van der Waals surface area contributed by atoms with E-state index in [-0.39, 0.29) is 47.5 Å². The second kappa shape index (κ2) is 11.8. The number of carboxylic acids is 1. The molecule has 15 heteroatoms. The lowest BCUT2D eigenvalue weighted by Crippen LogP contribution is -2.47. The summed E-state index contributed by atoms with van der Waals surface area (Å²) >= 11 is 12.0. The summed E-state index contributed by atoms with van der Waals surface area (Å²) in [5, 5.41) is 18.9. The molecule has 7 nitrogen and oxygen atoms in total. The monoisotopic (exact) mass is 629 g/mol. The van der Waals surface area contributed by atoms with Crippen molar-refractivity contribution in [2.45, 2.75) is 63.8 Å². The highest BCUT2D eigenvalue weighted by Crippen LogP contribution is 2.58. The highest BCUT2D eigenvalue weighted by molar-refractivity contribution is 6.40.